The van der Waals surface area contributed by atoms with E-state index in [1.165, 1.54) is 5.39 Å². The smallest absolute Gasteiger partial charge is 0.258 e. The van der Waals surface area contributed by atoms with Crippen molar-refractivity contribution in [1.82, 2.24) is 10.2 Å². The fraction of sp³-hybridized carbons (Fsp3) is 0.273. The second-order valence-electron chi connectivity index (χ2n) is 7.08. The largest absolute Gasteiger partial charge is 0.314 e. The maximum absolute atomic E-state index is 14.1. The highest BCUT2D eigenvalue weighted by Gasteiger charge is 2.31. The van der Waals surface area contributed by atoms with E-state index >= 15 is 0 Å². The van der Waals surface area contributed by atoms with E-state index in [1.807, 2.05) is 29.2 Å². The third-order valence-electron chi connectivity index (χ3n) is 5.66. The maximum atomic E-state index is 14.1. The monoisotopic (exact) mass is 350 g/mol. The summed E-state index contributed by atoms with van der Waals surface area (Å²) in [5, 5.41) is 9.93. The third kappa shape index (κ3) is 2.37. The maximum Gasteiger partial charge on any atom is 0.258 e. The van der Waals surface area contributed by atoms with Gasteiger partial charge < -0.3 is 5.32 Å². The van der Waals surface area contributed by atoms with Crippen LogP contribution in [0.1, 0.15) is 11.6 Å². The van der Waals surface area contributed by atoms with Crippen molar-refractivity contribution >= 4 is 32.3 Å². The molecule has 0 aliphatic carbocycles. The van der Waals surface area contributed by atoms with Gasteiger partial charge in [0.1, 0.15) is 0 Å². The van der Waals surface area contributed by atoms with Crippen molar-refractivity contribution < 1.29 is 8.78 Å². The molecule has 4 heteroatoms. The fourth-order valence-electron chi connectivity index (χ4n) is 4.47. The summed E-state index contributed by atoms with van der Waals surface area (Å²) >= 11 is 0. The van der Waals surface area contributed by atoms with E-state index in [4.69, 9.17) is 0 Å². The quantitative estimate of drug-likeness (QED) is 0.534. The first kappa shape index (κ1) is 15.9. The van der Waals surface area contributed by atoms with Gasteiger partial charge in [0.2, 0.25) is 0 Å². The van der Waals surface area contributed by atoms with E-state index < -0.39 is 12.5 Å². The van der Waals surface area contributed by atoms with Crippen molar-refractivity contribution in [1.29, 1.82) is 0 Å². The molecule has 1 N–H and O–H groups in total. The molecule has 0 spiro atoms. The van der Waals surface area contributed by atoms with Crippen LogP contribution in [0.5, 0.6) is 0 Å². The Labute approximate surface area is 150 Å². The van der Waals surface area contributed by atoms with Gasteiger partial charge in [-0.3, -0.25) is 4.90 Å². The highest BCUT2D eigenvalue weighted by Crippen LogP contribution is 2.40. The molecule has 26 heavy (non-hydrogen) atoms. The molecule has 0 amide bonds. The summed E-state index contributed by atoms with van der Waals surface area (Å²) in [6.45, 7) is 2.82. The molecule has 0 radical (unpaired) electrons. The lowest BCUT2D eigenvalue weighted by molar-refractivity contribution is 0.0189. The lowest BCUT2D eigenvalue weighted by atomic mass is 9.89. The predicted octanol–water partition coefficient (Wildman–Crippen LogP) is 4.80. The van der Waals surface area contributed by atoms with Crippen LogP contribution in [-0.4, -0.2) is 37.5 Å². The molecule has 1 aliphatic rings. The molecular weight excluding hydrogens is 330 g/mol. The van der Waals surface area contributed by atoms with Crippen LogP contribution in [0, 0.1) is 0 Å². The molecule has 4 aromatic rings. The third-order valence-corrected chi connectivity index (χ3v) is 5.66. The number of benzene rings is 4. The minimum Gasteiger partial charge on any atom is -0.314 e. The molecular formula is C22H20F2N2. The van der Waals surface area contributed by atoms with Crippen LogP contribution in [0.25, 0.3) is 32.3 Å². The topological polar surface area (TPSA) is 15.3 Å². The van der Waals surface area contributed by atoms with Gasteiger partial charge in [0.05, 0.1) is 6.04 Å². The highest BCUT2D eigenvalue weighted by molar-refractivity contribution is 6.23. The van der Waals surface area contributed by atoms with Gasteiger partial charge in [0, 0.05) is 26.2 Å². The minimum absolute atomic E-state index is 0.650. The van der Waals surface area contributed by atoms with Crippen molar-refractivity contribution in [2.45, 2.75) is 12.5 Å². The van der Waals surface area contributed by atoms with Crippen molar-refractivity contribution in [3.05, 3.63) is 60.2 Å². The van der Waals surface area contributed by atoms with E-state index in [0.717, 1.165) is 45.6 Å². The molecule has 1 heterocycles. The second kappa shape index (κ2) is 6.15. The fourth-order valence-corrected chi connectivity index (χ4v) is 4.47. The first-order chi connectivity index (χ1) is 12.7. The zero-order valence-electron chi connectivity index (χ0n) is 14.4. The number of nitrogens with zero attached hydrogens (tertiary/aromatic N) is 1. The summed E-state index contributed by atoms with van der Waals surface area (Å²) in [4.78, 5) is 1.92. The molecule has 1 atom stereocenters. The van der Waals surface area contributed by atoms with Crippen LogP contribution in [-0.2, 0) is 0 Å². The summed E-state index contributed by atoms with van der Waals surface area (Å²) < 4.78 is 28.3. The average Bonchev–Trinajstić information content (AvgIpc) is 2.68. The molecule has 1 saturated heterocycles. The standard InChI is InChI=1S/C22H20F2N2/c23-22(24)21(26-12-10-25-11-13-26)18-9-7-16-5-4-14-2-1-3-15-6-8-17(18)20(16)19(14)15/h1-9,21-22,25H,10-13H2/t21-/m0/s1. The molecule has 0 unspecified atom stereocenters. The SMILES string of the molecule is FC(F)[C@H](c1ccc2ccc3cccc4ccc1c2c34)N1CCNCC1. The van der Waals surface area contributed by atoms with Gasteiger partial charge in [-0.15, -0.1) is 0 Å². The van der Waals surface area contributed by atoms with Crippen LogP contribution < -0.4 is 5.32 Å². The van der Waals surface area contributed by atoms with Crippen molar-refractivity contribution in [2.24, 2.45) is 0 Å². The predicted molar refractivity (Wildman–Crippen MR) is 103 cm³/mol. The van der Waals surface area contributed by atoms with Gasteiger partial charge in [0.25, 0.3) is 6.43 Å². The van der Waals surface area contributed by atoms with Crippen molar-refractivity contribution in [3.8, 4) is 0 Å². The Morgan fingerprint density at radius 2 is 1.38 bits per heavy atom. The van der Waals surface area contributed by atoms with Gasteiger partial charge >= 0.3 is 0 Å². The Balaban J connectivity index is 1.79. The Bertz CT molecular complexity index is 1050. The number of hydrogen-bond donors (Lipinski definition) is 1. The number of nitrogens with one attached hydrogen (secondary N) is 1. The van der Waals surface area contributed by atoms with Crippen LogP contribution in [0.4, 0.5) is 8.78 Å². The molecule has 0 saturated carbocycles. The molecule has 1 fully saturated rings. The Kier molecular flexibility index (Phi) is 3.76. The lowest BCUT2D eigenvalue weighted by Gasteiger charge is -2.35. The normalized spacial score (nSPS) is 17.7. The zero-order chi connectivity index (χ0) is 17.7. The average molecular weight is 350 g/mol. The van der Waals surface area contributed by atoms with Crippen LogP contribution in [0.2, 0.25) is 0 Å². The van der Waals surface area contributed by atoms with Gasteiger partial charge in [-0.1, -0.05) is 54.6 Å². The van der Waals surface area contributed by atoms with Gasteiger partial charge in [-0.25, -0.2) is 8.78 Å². The number of rotatable bonds is 3. The van der Waals surface area contributed by atoms with Gasteiger partial charge in [-0.05, 0) is 37.9 Å². The minimum atomic E-state index is -2.41. The van der Waals surface area contributed by atoms with Gasteiger partial charge in [-0.2, -0.15) is 0 Å². The van der Waals surface area contributed by atoms with Crippen LogP contribution in [0.15, 0.2) is 54.6 Å². The van der Waals surface area contributed by atoms with Crippen LogP contribution >= 0.6 is 0 Å². The van der Waals surface area contributed by atoms with Crippen LogP contribution in [0.3, 0.4) is 0 Å². The first-order valence-electron chi connectivity index (χ1n) is 9.13. The Morgan fingerprint density at radius 1 is 0.769 bits per heavy atom. The summed E-state index contributed by atoms with van der Waals surface area (Å²) in [6.07, 6.45) is -2.41. The Hall–Kier alpha value is -2.30. The van der Waals surface area contributed by atoms with E-state index in [9.17, 15) is 8.78 Å². The summed E-state index contributed by atoms with van der Waals surface area (Å²) in [6, 6.07) is 17.6. The van der Waals surface area contributed by atoms with E-state index in [0.29, 0.717) is 13.1 Å². The number of hydrogen-bond acceptors (Lipinski definition) is 2. The molecule has 4 aromatic carbocycles. The van der Waals surface area contributed by atoms with Crippen molar-refractivity contribution in [3.63, 3.8) is 0 Å². The van der Waals surface area contributed by atoms with Crippen molar-refractivity contribution in [2.75, 3.05) is 26.2 Å². The van der Waals surface area contributed by atoms with E-state index in [-0.39, 0.29) is 0 Å². The summed E-state index contributed by atoms with van der Waals surface area (Å²) in [5.41, 5.74) is 0.743. The molecule has 2 nitrogen and oxygen atoms in total. The molecule has 132 valence electrons. The highest BCUT2D eigenvalue weighted by atomic mass is 19.3. The Morgan fingerprint density at radius 3 is 2.08 bits per heavy atom. The molecule has 1 aliphatic heterocycles. The number of piperazine rings is 1. The number of halogens is 2. The lowest BCUT2D eigenvalue weighted by Crippen LogP contribution is -2.46. The molecule has 0 bridgehead atoms. The van der Waals surface area contributed by atoms with E-state index in [2.05, 4.69) is 35.6 Å². The molecule has 5 rings (SSSR count). The van der Waals surface area contributed by atoms with Gasteiger partial charge in [0.15, 0.2) is 0 Å². The summed E-state index contributed by atoms with van der Waals surface area (Å²) in [7, 11) is 0. The molecule has 0 aromatic heterocycles. The second-order valence-corrected chi connectivity index (χ2v) is 7.08. The first-order valence-corrected chi connectivity index (χ1v) is 9.13. The summed E-state index contributed by atoms with van der Waals surface area (Å²) in [5.74, 6) is 0. The van der Waals surface area contributed by atoms with E-state index in [1.54, 1.807) is 0 Å². The number of alkyl halides is 2. The zero-order valence-corrected chi connectivity index (χ0v) is 14.4.